The first-order valence-electron chi connectivity index (χ1n) is 5.28. The predicted molar refractivity (Wildman–Crippen MR) is 65.9 cm³/mol. The van der Waals surface area contributed by atoms with Gasteiger partial charge in [0.1, 0.15) is 5.82 Å². The number of benzene rings is 1. The van der Waals surface area contributed by atoms with Crippen molar-refractivity contribution < 1.29 is 13.9 Å². The van der Waals surface area contributed by atoms with Crippen molar-refractivity contribution in [1.82, 2.24) is 0 Å². The van der Waals surface area contributed by atoms with Crippen LogP contribution in [-0.4, -0.2) is 12.6 Å². The highest BCUT2D eigenvalue weighted by molar-refractivity contribution is 6.30. The molecule has 0 aliphatic carbocycles. The van der Waals surface area contributed by atoms with Crippen LogP contribution in [0.4, 0.5) is 4.39 Å². The summed E-state index contributed by atoms with van der Waals surface area (Å²) in [7, 11) is 0. The Kier molecular flexibility index (Phi) is 5.72. The summed E-state index contributed by atoms with van der Waals surface area (Å²) in [6.07, 6.45) is 0.594. The number of alkyl halides is 1. The zero-order chi connectivity index (χ0) is 12.8. The Hall–Kier alpha value is -0.800. The summed E-state index contributed by atoms with van der Waals surface area (Å²) in [6, 6.07) is 4.11. The molecule has 0 saturated heterocycles. The monoisotopic (exact) mass is 278 g/mol. The second-order valence-corrected chi connectivity index (χ2v) is 4.48. The Morgan fingerprint density at radius 1 is 1.47 bits per heavy atom. The molecule has 0 amide bonds. The minimum atomic E-state index is -0.451. The van der Waals surface area contributed by atoms with Gasteiger partial charge in [-0.05, 0) is 37.1 Å². The van der Waals surface area contributed by atoms with E-state index in [1.807, 2.05) is 0 Å². The standard InChI is InChI=1S/C12H13Cl2FO2/c1-2-17-12(16)4-3-11(14)8-5-9(13)7-10(15)6-8/h5-7,11H,2-4H2,1H3. The van der Waals surface area contributed by atoms with Gasteiger partial charge in [-0.15, -0.1) is 11.6 Å². The molecule has 0 radical (unpaired) electrons. The van der Waals surface area contributed by atoms with Crippen LogP contribution in [0.15, 0.2) is 18.2 Å². The molecule has 1 unspecified atom stereocenters. The van der Waals surface area contributed by atoms with Crippen LogP contribution in [0.5, 0.6) is 0 Å². The fourth-order valence-electron chi connectivity index (χ4n) is 1.40. The normalized spacial score (nSPS) is 12.2. The minimum Gasteiger partial charge on any atom is -0.466 e. The fourth-order valence-corrected chi connectivity index (χ4v) is 1.87. The number of esters is 1. The number of hydrogen-bond acceptors (Lipinski definition) is 2. The van der Waals surface area contributed by atoms with Gasteiger partial charge in [0, 0.05) is 11.4 Å². The molecule has 0 fully saturated rings. The molecule has 1 aromatic carbocycles. The maximum atomic E-state index is 13.1. The summed E-state index contributed by atoms with van der Waals surface area (Å²) >= 11 is 11.8. The SMILES string of the molecule is CCOC(=O)CCC(Cl)c1cc(F)cc(Cl)c1. The van der Waals surface area contributed by atoms with Gasteiger partial charge in [-0.1, -0.05) is 11.6 Å². The molecule has 0 saturated carbocycles. The van der Waals surface area contributed by atoms with Crippen molar-refractivity contribution in [2.75, 3.05) is 6.61 Å². The van der Waals surface area contributed by atoms with E-state index in [9.17, 15) is 9.18 Å². The van der Waals surface area contributed by atoms with Gasteiger partial charge in [-0.25, -0.2) is 4.39 Å². The Morgan fingerprint density at radius 2 is 2.18 bits per heavy atom. The third-order valence-corrected chi connectivity index (χ3v) is 2.84. The van der Waals surface area contributed by atoms with Crippen LogP contribution >= 0.6 is 23.2 Å². The number of halogens is 3. The van der Waals surface area contributed by atoms with E-state index in [1.165, 1.54) is 12.1 Å². The van der Waals surface area contributed by atoms with Crippen molar-refractivity contribution in [2.24, 2.45) is 0 Å². The molecule has 17 heavy (non-hydrogen) atoms. The molecule has 0 bridgehead atoms. The zero-order valence-corrected chi connectivity index (χ0v) is 10.9. The molecule has 94 valence electrons. The number of hydrogen-bond donors (Lipinski definition) is 0. The minimum absolute atomic E-state index is 0.205. The molecule has 5 heteroatoms. The van der Waals surface area contributed by atoms with Crippen LogP contribution in [0.25, 0.3) is 0 Å². The van der Waals surface area contributed by atoms with E-state index in [0.717, 1.165) is 0 Å². The molecule has 2 nitrogen and oxygen atoms in total. The Balaban J connectivity index is 2.57. The fraction of sp³-hybridized carbons (Fsp3) is 0.417. The topological polar surface area (TPSA) is 26.3 Å². The second kappa shape index (κ2) is 6.82. The smallest absolute Gasteiger partial charge is 0.305 e. The van der Waals surface area contributed by atoms with E-state index in [0.29, 0.717) is 23.6 Å². The molecular weight excluding hydrogens is 266 g/mol. The van der Waals surface area contributed by atoms with Crippen molar-refractivity contribution in [2.45, 2.75) is 25.1 Å². The third kappa shape index (κ3) is 4.92. The van der Waals surface area contributed by atoms with Crippen LogP contribution in [0.3, 0.4) is 0 Å². The van der Waals surface area contributed by atoms with Crippen molar-refractivity contribution in [1.29, 1.82) is 0 Å². The van der Waals surface area contributed by atoms with Gasteiger partial charge in [0.2, 0.25) is 0 Å². The highest BCUT2D eigenvalue weighted by Gasteiger charge is 2.13. The molecule has 0 aliphatic heterocycles. The lowest BCUT2D eigenvalue weighted by molar-refractivity contribution is -0.143. The largest absolute Gasteiger partial charge is 0.466 e. The van der Waals surface area contributed by atoms with Crippen LogP contribution in [0, 0.1) is 5.82 Å². The van der Waals surface area contributed by atoms with Crippen LogP contribution in [0.2, 0.25) is 5.02 Å². The molecule has 1 rings (SSSR count). The van der Waals surface area contributed by atoms with Crippen molar-refractivity contribution in [3.8, 4) is 0 Å². The van der Waals surface area contributed by atoms with Crippen LogP contribution < -0.4 is 0 Å². The molecule has 0 aliphatic rings. The molecule has 0 aromatic heterocycles. The summed E-state index contributed by atoms with van der Waals surface area (Å²) in [5, 5.41) is -0.158. The Morgan fingerprint density at radius 3 is 2.76 bits per heavy atom. The van der Waals surface area contributed by atoms with Crippen LogP contribution in [0.1, 0.15) is 30.7 Å². The molecule has 0 heterocycles. The van der Waals surface area contributed by atoms with Gasteiger partial charge in [-0.3, -0.25) is 4.79 Å². The van der Waals surface area contributed by atoms with Crippen molar-refractivity contribution in [3.63, 3.8) is 0 Å². The highest BCUT2D eigenvalue weighted by atomic mass is 35.5. The number of carbonyl (C=O) groups excluding carboxylic acids is 1. The van der Waals surface area contributed by atoms with Crippen LogP contribution in [-0.2, 0) is 9.53 Å². The summed E-state index contributed by atoms with van der Waals surface area (Å²) < 4.78 is 17.9. The average Bonchev–Trinajstić information content (AvgIpc) is 2.25. The van der Waals surface area contributed by atoms with E-state index in [-0.39, 0.29) is 12.4 Å². The van der Waals surface area contributed by atoms with Gasteiger partial charge in [-0.2, -0.15) is 0 Å². The molecule has 1 atom stereocenters. The summed E-state index contributed by atoms with van der Waals surface area (Å²) in [4.78, 5) is 11.1. The van der Waals surface area contributed by atoms with E-state index >= 15 is 0 Å². The van der Waals surface area contributed by atoms with E-state index < -0.39 is 11.2 Å². The first-order valence-corrected chi connectivity index (χ1v) is 6.10. The quantitative estimate of drug-likeness (QED) is 0.599. The third-order valence-electron chi connectivity index (χ3n) is 2.15. The lowest BCUT2D eigenvalue weighted by Crippen LogP contribution is -2.05. The number of carbonyl (C=O) groups is 1. The summed E-state index contributed by atoms with van der Waals surface area (Å²) in [5.41, 5.74) is 0.570. The summed E-state index contributed by atoms with van der Waals surface area (Å²) in [5.74, 6) is -0.741. The lowest BCUT2D eigenvalue weighted by atomic mass is 10.1. The first-order chi connectivity index (χ1) is 8.02. The van der Waals surface area contributed by atoms with E-state index in [1.54, 1.807) is 13.0 Å². The Labute approximate surface area is 110 Å². The second-order valence-electron chi connectivity index (χ2n) is 3.51. The van der Waals surface area contributed by atoms with Gasteiger partial charge < -0.3 is 4.74 Å². The zero-order valence-electron chi connectivity index (χ0n) is 9.38. The first kappa shape index (κ1) is 14.3. The molecule has 1 aromatic rings. The average molecular weight is 279 g/mol. The van der Waals surface area contributed by atoms with Gasteiger partial charge in [0.15, 0.2) is 0 Å². The molecule has 0 spiro atoms. The van der Waals surface area contributed by atoms with Crippen molar-refractivity contribution >= 4 is 29.2 Å². The Bertz CT molecular complexity index is 376. The van der Waals surface area contributed by atoms with Gasteiger partial charge in [0.25, 0.3) is 0 Å². The van der Waals surface area contributed by atoms with Crippen molar-refractivity contribution in [3.05, 3.63) is 34.6 Å². The predicted octanol–water partition coefficient (Wildman–Crippen LogP) is 4.10. The molecular formula is C12H13Cl2FO2. The molecule has 0 N–H and O–H groups in total. The van der Waals surface area contributed by atoms with E-state index in [2.05, 4.69) is 0 Å². The van der Waals surface area contributed by atoms with Gasteiger partial charge in [0.05, 0.1) is 12.0 Å². The summed E-state index contributed by atoms with van der Waals surface area (Å²) in [6.45, 7) is 2.08. The highest BCUT2D eigenvalue weighted by Crippen LogP contribution is 2.28. The number of ether oxygens (including phenoxy) is 1. The lowest BCUT2D eigenvalue weighted by Gasteiger charge is -2.10. The maximum Gasteiger partial charge on any atom is 0.305 e. The van der Waals surface area contributed by atoms with Gasteiger partial charge >= 0.3 is 5.97 Å². The van der Waals surface area contributed by atoms with E-state index in [4.69, 9.17) is 27.9 Å². The maximum absolute atomic E-state index is 13.1. The number of rotatable bonds is 5.